The normalized spacial score (nSPS) is 10.8. The van der Waals surface area contributed by atoms with E-state index in [4.69, 9.17) is 5.73 Å². The molecule has 0 unspecified atom stereocenters. The summed E-state index contributed by atoms with van der Waals surface area (Å²) in [5.41, 5.74) is 8.13. The van der Waals surface area contributed by atoms with E-state index in [1.807, 2.05) is 32.0 Å². The van der Waals surface area contributed by atoms with Crippen molar-refractivity contribution in [1.82, 2.24) is 0 Å². The quantitative estimate of drug-likeness (QED) is 0.884. The maximum absolute atomic E-state index is 14.1. The molecule has 0 aromatic heterocycles. The predicted molar refractivity (Wildman–Crippen MR) is 87.6 cm³/mol. The molecule has 1 amide bonds. The van der Waals surface area contributed by atoms with Crippen LogP contribution in [0.1, 0.15) is 41.3 Å². The van der Waals surface area contributed by atoms with E-state index in [9.17, 15) is 9.18 Å². The zero-order valence-electron chi connectivity index (χ0n) is 12.9. The van der Waals surface area contributed by atoms with Crippen LogP contribution in [0.5, 0.6) is 0 Å². The van der Waals surface area contributed by atoms with E-state index in [-0.39, 0.29) is 11.5 Å². The molecule has 0 saturated carbocycles. The molecule has 2 aromatic rings. The molecule has 0 bridgehead atoms. The second-order valence-corrected chi connectivity index (χ2v) is 5.59. The molecule has 0 aliphatic carbocycles. The average Bonchev–Trinajstić information content (AvgIpc) is 2.47. The van der Waals surface area contributed by atoms with Crippen molar-refractivity contribution in [2.45, 2.75) is 26.2 Å². The molecule has 4 heteroatoms. The summed E-state index contributed by atoms with van der Waals surface area (Å²) in [5.74, 6) is -0.723. The van der Waals surface area contributed by atoms with Gasteiger partial charge in [-0.1, -0.05) is 32.0 Å². The molecule has 3 nitrogen and oxygen atoms in total. The standard InChI is InChI=1S/C18H21FN2O/c1-12(2)14-6-7-16(17(19)11-14)18(22)21-15-5-3-4-13(10-15)8-9-20/h3-7,10-12H,8-9,20H2,1-2H3,(H,21,22). The second kappa shape index (κ2) is 7.18. The molecule has 0 aliphatic heterocycles. The number of carbonyl (C=O) groups excluding carboxylic acids is 1. The Balaban J connectivity index is 2.17. The van der Waals surface area contributed by atoms with Crippen LogP contribution in [0.4, 0.5) is 10.1 Å². The Kier molecular flexibility index (Phi) is 5.28. The fraction of sp³-hybridized carbons (Fsp3) is 0.278. The van der Waals surface area contributed by atoms with Gasteiger partial charge in [-0.25, -0.2) is 4.39 Å². The summed E-state index contributed by atoms with van der Waals surface area (Å²) in [6.45, 7) is 4.51. The van der Waals surface area contributed by atoms with E-state index in [1.165, 1.54) is 12.1 Å². The van der Waals surface area contributed by atoms with Gasteiger partial charge in [-0.2, -0.15) is 0 Å². The smallest absolute Gasteiger partial charge is 0.258 e. The highest BCUT2D eigenvalue weighted by atomic mass is 19.1. The van der Waals surface area contributed by atoms with Gasteiger partial charge in [-0.15, -0.1) is 0 Å². The molecule has 0 aliphatic rings. The number of nitrogens with one attached hydrogen (secondary N) is 1. The third-order valence-corrected chi connectivity index (χ3v) is 3.52. The number of halogens is 1. The van der Waals surface area contributed by atoms with Gasteiger partial charge < -0.3 is 11.1 Å². The highest BCUT2D eigenvalue weighted by Crippen LogP contribution is 2.19. The molecular formula is C18H21FN2O. The van der Waals surface area contributed by atoms with E-state index in [0.717, 1.165) is 17.5 Å². The summed E-state index contributed by atoms with van der Waals surface area (Å²) in [6.07, 6.45) is 0.737. The van der Waals surface area contributed by atoms with Gasteiger partial charge in [-0.05, 0) is 54.3 Å². The fourth-order valence-corrected chi connectivity index (χ4v) is 2.24. The summed E-state index contributed by atoms with van der Waals surface area (Å²) in [6, 6.07) is 12.2. The lowest BCUT2D eigenvalue weighted by atomic mass is 10.0. The Labute approximate surface area is 130 Å². The summed E-state index contributed by atoms with van der Waals surface area (Å²) in [4.78, 5) is 12.2. The number of hydrogen-bond donors (Lipinski definition) is 2. The van der Waals surface area contributed by atoms with Gasteiger partial charge in [-0.3, -0.25) is 4.79 Å². The van der Waals surface area contributed by atoms with E-state index in [0.29, 0.717) is 12.2 Å². The molecular weight excluding hydrogens is 279 g/mol. The van der Waals surface area contributed by atoms with Crippen LogP contribution in [-0.2, 0) is 6.42 Å². The van der Waals surface area contributed by atoms with Gasteiger partial charge in [0.15, 0.2) is 0 Å². The molecule has 2 rings (SSSR count). The maximum atomic E-state index is 14.1. The second-order valence-electron chi connectivity index (χ2n) is 5.59. The van der Waals surface area contributed by atoms with Crippen LogP contribution >= 0.6 is 0 Å². The molecule has 3 N–H and O–H groups in total. The molecule has 2 aromatic carbocycles. The van der Waals surface area contributed by atoms with Crippen LogP contribution in [0.3, 0.4) is 0 Å². The van der Waals surface area contributed by atoms with Crippen molar-refractivity contribution >= 4 is 11.6 Å². The molecule has 0 radical (unpaired) electrons. The van der Waals surface area contributed by atoms with E-state index >= 15 is 0 Å². The molecule has 0 atom stereocenters. The van der Waals surface area contributed by atoms with Crippen LogP contribution in [0, 0.1) is 5.82 Å². The topological polar surface area (TPSA) is 55.1 Å². The Bertz CT molecular complexity index is 668. The molecule has 0 spiro atoms. The van der Waals surface area contributed by atoms with Crippen molar-refractivity contribution in [1.29, 1.82) is 0 Å². The largest absolute Gasteiger partial charge is 0.330 e. The first-order chi connectivity index (χ1) is 10.5. The van der Waals surface area contributed by atoms with Crippen LogP contribution in [0.15, 0.2) is 42.5 Å². The fourth-order valence-electron chi connectivity index (χ4n) is 2.24. The number of rotatable bonds is 5. The summed E-state index contributed by atoms with van der Waals surface area (Å²) < 4.78 is 14.1. The van der Waals surface area contributed by atoms with Gasteiger partial charge in [0, 0.05) is 5.69 Å². The first kappa shape index (κ1) is 16.2. The zero-order chi connectivity index (χ0) is 16.1. The van der Waals surface area contributed by atoms with E-state index in [1.54, 1.807) is 12.1 Å². The first-order valence-electron chi connectivity index (χ1n) is 7.41. The number of amides is 1. The number of nitrogens with two attached hydrogens (primary N) is 1. The SMILES string of the molecule is CC(C)c1ccc(C(=O)Nc2cccc(CCN)c2)c(F)c1. The van der Waals surface area contributed by atoms with Crippen molar-refractivity contribution in [3.05, 3.63) is 65.0 Å². The van der Waals surface area contributed by atoms with Crippen LogP contribution in [0.2, 0.25) is 0 Å². The monoisotopic (exact) mass is 300 g/mol. The lowest BCUT2D eigenvalue weighted by Gasteiger charge is -2.10. The Morgan fingerprint density at radius 1 is 1.23 bits per heavy atom. The van der Waals surface area contributed by atoms with Crippen molar-refractivity contribution in [3.8, 4) is 0 Å². The van der Waals surface area contributed by atoms with Gasteiger partial charge >= 0.3 is 0 Å². The third kappa shape index (κ3) is 3.92. The van der Waals surface area contributed by atoms with E-state index < -0.39 is 11.7 Å². The Morgan fingerprint density at radius 2 is 2.00 bits per heavy atom. The van der Waals surface area contributed by atoms with Gasteiger partial charge in [0.2, 0.25) is 0 Å². The molecule has 22 heavy (non-hydrogen) atoms. The minimum atomic E-state index is -0.498. The first-order valence-corrected chi connectivity index (χ1v) is 7.41. The lowest BCUT2D eigenvalue weighted by Crippen LogP contribution is -2.14. The van der Waals surface area contributed by atoms with Crippen LogP contribution in [0.25, 0.3) is 0 Å². The molecule has 0 heterocycles. The summed E-state index contributed by atoms with van der Waals surface area (Å²) in [7, 11) is 0. The van der Waals surface area contributed by atoms with Crippen LogP contribution in [-0.4, -0.2) is 12.5 Å². The molecule has 116 valence electrons. The summed E-state index contributed by atoms with van der Waals surface area (Å²) in [5, 5.41) is 2.73. The predicted octanol–water partition coefficient (Wildman–Crippen LogP) is 3.70. The Hall–Kier alpha value is -2.20. The number of benzene rings is 2. The Morgan fingerprint density at radius 3 is 2.64 bits per heavy atom. The van der Waals surface area contributed by atoms with Crippen molar-refractivity contribution in [2.24, 2.45) is 5.73 Å². The zero-order valence-corrected chi connectivity index (χ0v) is 12.9. The lowest BCUT2D eigenvalue weighted by molar-refractivity contribution is 0.102. The van der Waals surface area contributed by atoms with Crippen molar-refractivity contribution < 1.29 is 9.18 Å². The molecule has 0 fully saturated rings. The van der Waals surface area contributed by atoms with Crippen molar-refractivity contribution in [2.75, 3.05) is 11.9 Å². The number of carbonyl (C=O) groups is 1. The highest BCUT2D eigenvalue weighted by molar-refractivity contribution is 6.04. The minimum Gasteiger partial charge on any atom is -0.330 e. The summed E-state index contributed by atoms with van der Waals surface area (Å²) >= 11 is 0. The average molecular weight is 300 g/mol. The highest BCUT2D eigenvalue weighted by Gasteiger charge is 2.13. The van der Waals surface area contributed by atoms with Gasteiger partial charge in [0.1, 0.15) is 5.82 Å². The van der Waals surface area contributed by atoms with Crippen LogP contribution < -0.4 is 11.1 Å². The molecule has 0 saturated heterocycles. The number of hydrogen-bond acceptors (Lipinski definition) is 2. The minimum absolute atomic E-state index is 0.0497. The van der Waals surface area contributed by atoms with Crippen molar-refractivity contribution in [3.63, 3.8) is 0 Å². The number of anilines is 1. The third-order valence-electron chi connectivity index (χ3n) is 3.52. The maximum Gasteiger partial charge on any atom is 0.258 e. The van der Waals surface area contributed by atoms with Gasteiger partial charge in [0.25, 0.3) is 5.91 Å². The van der Waals surface area contributed by atoms with Gasteiger partial charge in [0.05, 0.1) is 5.56 Å². The van der Waals surface area contributed by atoms with E-state index in [2.05, 4.69) is 5.32 Å².